The predicted molar refractivity (Wildman–Crippen MR) is 76.7 cm³/mol. The van der Waals surface area contributed by atoms with E-state index in [0.29, 0.717) is 0 Å². The number of unbranched alkanes of at least 4 members (excludes halogenated alkanes) is 3. The van der Waals surface area contributed by atoms with Gasteiger partial charge in [-0.2, -0.15) is 0 Å². The monoisotopic (exact) mass is 245 g/mol. The molecule has 0 radical (unpaired) electrons. The van der Waals surface area contributed by atoms with Gasteiger partial charge in [0.25, 0.3) is 0 Å². The summed E-state index contributed by atoms with van der Waals surface area (Å²) in [4.78, 5) is 0. The van der Waals surface area contributed by atoms with E-state index in [1.165, 1.54) is 75.6 Å². The molecule has 2 heteroatoms. The van der Waals surface area contributed by atoms with Crippen molar-refractivity contribution in [2.45, 2.75) is 72.6 Å². The van der Waals surface area contributed by atoms with Crippen molar-refractivity contribution in [3.63, 3.8) is 0 Å². The average molecular weight is 245 g/mol. The summed E-state index contributed by atoms with van der Waals surface area (Å²) in [5.41, 5.74) is 0. The van der Waals surface area contributed by atoms with Crippen molar-refractivity contribution in [2.24, 2.45) is 0 Å². The zero-order valence-electron chi connectivity index (χ0n) is 12.7. The molecule has 0 aliphatic rings. The van der Waals surface area contributed by atoms with Gasteiger partial charge in [0, 0.05) is 0 Å². The number of rotatable bonds is 11. The van der Waals surface area contributed by atoms with Crippen LogP contribution in [0.25, 0.3) is 0 Å². The van der Waals surface area contributed by atoms with Crippen molar-refractivity contribution < 1.29 is 9.96 Å². The molecule has 0 heterocycles. The van der Waals surface area contributed by atoms with E-state index >= 15 is 0 Å². The van der Waals surface area contributed by atoms with Gasteiger partial charge in [0.15, 0.2) is 0 Å². The molecule has 0 fully saturated rings. The third-order valence-electron chi connectivity index (χ3n) is 3.66. The van der Waals surface area contributed by atoms with Crippen LogP contribution in [-0.4, -0.2) is 36.1 Å². The van der Waals surface area contributed by atoms with Crippen molar-refractivity contribution in [3.05, 3.63) is 0 Å². The van der Waals surface area contributed by atoms with E-state index in [-0.39, 0.29) is 5.48 Å². The highest BCUT2D eigenvalue weighted by atomic mass is 16.0. The van der Waals surface area contributed by atoms with Crippen LogP contribution in [0.4, 0.5) is 0 Å². The van der Waals surface area contributed by atoms with E-state index < -0.39 is 0 Å². The van der Waals surface area contributed by atoms with Crippen molar-refractivity contribution in [1.82, 2.24) is 0 Å². The number of hydrogen-bond acceptors (Lipinski definition) is 1. The van der Waals surface area contributed by atoms with E-state index in [2.05, 4.69) is 27.7 Å². The fourth-order valence-electron chi connectivity index (χ4n) is 2.63. The minimum atomic E-state index is 0. The molecule has 0 unspecified atom stereocenters. The standard InChI is InChI=1S/C15H34N.H2O/c1-5-9-13-16(12-8-4,14-10-6-2)15-11-7-3;/h5-15H2,1-4H3;1H2/q+1;/p-1. The molecule has 0 aromatic heterocycles. The molecule has 0 saturated carbocycles. The Balaban J connectivity index is 0. The first-order valence-corrected chi connectivity index (χ1v) is 7.59. The van der Waals surface area contributed by atoms with E-state index in [9.17, 15) is 0 Å². The number of nitrogens with zero attached hydrogens (tertiary/aromatic N) is 1. The molecule has 0 bridgehead atoms. The van der Waals surface area contributed by atoms with Gasteiger partial charge in [-0.3, -0.25) is 0 Å². The molecule has 0 atom stereocenters. The second-order valence-corrected chi connectivity index (χ2v) is 5.30. The second-order valence-electron chi connectivity index (χ2n) is 5.30. The average Bonchev–Trinajstić information content (AvgIpc) is 2.31. The lowest BCUT2D eigenvalue weighted by Crippen LogP contribution is -2.50. The molecule has 2 nitrogen and oxygen atoms in total. The summed E-state index contributed by atoms with van der Waals surface area (Å²) in [6.07, 6.45) is 9.62. The van der Waals surface area contributed by atoms with Gasteiger partial charge in [0.1, 0.15) is 0 Å². The molecule has 0 rings (SSSR count). The lowest BCUT2D eigenvalue weighted by Gasteiger charge is -2.39. The highest BCUT2D eigenvalue weighted by molar-refractivity contribution is 4.48. The van der Waals surface area contributed by atoms with Crippen LogP contribution in [0.2, 0.25) is 0 Å². The molecule has 0 aliphatic heterocycles. The minimum Gasteiger partial charge on any atom is -0.870 e. The second kappa shape index (κ2) is 12.4. The Bertz CT molecular complexity index is 126. The zero-order chi connectivity index (χ0) is 12.3. The molecule has 0 spiro atoms. The summed E-state index contributed by atoms with van der Waals surface area (Å²) in [6, 6.07) is 0. The maximum Gasteiger partial charge on any atom is 0.0786 e. The van der Waals surface area contributed by atoms with Crippen LogP contribution in [0.1, 0.15) is 72.6 Å². The first-order chi connectivity index (χ1) is 7.74. The lowest BCUT2D eigenvalue weighted by atomic mass is 10.1. The molecule has 0 saturated heterocycles. The van der Waals surface area contributed by atoms with Gasteiger partial charge in [0.05, 0.1) is 26.2 Å². The Morgan fingerprint density at radius 1 is 0.529 bits per heavy atom. The van der Waals surface area contributed by atoms with Crippen LogP contribution >= 0.6 is 0 Å². The molecule has 0 aromatic carbocycles. The van der Waals surface area contributed by atoms with Gasteiger partial charge >= 0.3 is 0 Å². The lowest BCUT2D eigenvalue weighted by molar-refractivity contribution is -0.928. The van der Waals surface area contributed by atoms with E-state index in [0.717, 1.165) is 0 Å². The Labute approximate surface area is 109 Å². The zero-order valence-corrected chi connectivity index (χ0v) is 12.7. The van der Waals surface area contributed by atoms with Crippen molar-refractivity contribution in [3.8, 4) is 0 Å². The molecule has 106 valence electrons. The SMILES string of the molecule is CCCC[N+](CCC)(CCCC)CCCC.[OH-]. The van der Waals surface area contributed by atoms with Crippen LogP contribution in [0, 0.1) is 0 Å². The van der Waals surface area contributed by atoms with Crippen molar-refractivity contribution >= 4 is 0 Å². The van der Waals surface area contributed by atoms with E-state index in [1.54, 1.807) is 0 Å². The van der Waals surface area contributed by atoms with Gasteiger partial charge in [0.2, 0.25) is 0 Å². The Hall–Kier alpha value is -0.0800. The topological polar surface area (TPSA) is 30.0 Å². The van der Waals surface area contributed by atoms with Crippen molar-refractivity contribution in [1.29, 1.82) is 0 Å². The number of quaternary nitrogens is 1. The van der Waals surface area contributed by atoms with E-state index in [1.807, 2.05) is 0 Å². The smallest absolute Gasteiger partial charge is 0.0786 e. The fourth-order valence-corrected chi connectivity index (χ4v) is 2.63. The summed E-state index contributed by atoms with van der Waals surface area (Å²) >= 11 is 0. The predicted octanol–water partition coefficient (Wildman–Crippen LogP) is 4.44. The minimum absolute atomic E-state index is 0. The van der Waals surface area contributed by atoms with Gasteiger partial charge in [-0.25, -0.2) is 0 Å². The molecule has 1 N–H and O–H groups in total. The first kappa shape index (κ1) is 19.3. The fraction of sp³-hybridized carbons (Fsp3) is 1.00. The third kappa shape index (κ3) is 8.62. The molecule has 0 aliphatic carbocycles. The van der Waals surface area contributed by atoms with E-state index in [4.69, 9.17) is 0 Å². The third-order valence-corrected chi connectivity index (χ3v) is 3.66. The maximum atomic E-state index is 2.34. The molecular formula is C15H35NO. The largest absolute Gasteiger partial charge is 0.870 e. The molecular weight excluding hydrogens is 210 g/mol. The van der Waals surface area contributed by atoms with Crippen LogP contribution in [-0.2, 0) is 0 Å². The van der Waals surface area contributed by atoms with Gasteiger partial charge in [-0.05, 0) is 25.7 Å². The first-order valence-electron chi connectivity index (χ1n) is 7.59. The quantitative estimate of drug-likeness (QED) is 0.495. The molecule has 17 heavy (non-hydrogen) atoms. The summed E-state index contributed by atoms with van der Waals surface area (Å²) in [7, 11) is 0. The number of hydrogen-bond donors (Lipinski definition) is 0. The Morgan fingerprint density at radius 2 is 0.882 bits per heavy atom. The highest BCUT2D eigenvalue weighted by Crippen LogP contribution is 2.15. The Morgan fingerprint density at radius 3 is 1.12 bits per heavy atom. The van der Waals surface area contributed by atoms with Crippen molar-refractivity contribution in [2.75, 3.05) is 26.2 Å². The Kier molecular flexibility index (Phi) is 14.0. The normalized spacial score (nSPS) is 11.3. The summed E-state index contributed by atoms with van der Waals surface area (Å²) in [5, 5.41) is 0. The van der Waals surface area contributed by atoms with Gasteiger partial charge in [-0.1, -0.05) is 47.0 Å². The molecule has 0 amide bonds. The van der Waals surface area contributed by atoms with Crippen LogP contribution < -0.4 is 0 Å². The summed E-state index contributed by atoms with van der Waals surface area (Å²) in [5.74, 6) is 0. The van der Waals surface area contributed by atoms with Gasteiger partial charge in [-0.15, -0.1) is 0 Å². The highest BCUT2D eigenvalue weighted by Gasteiger charge is 2.24. The molecule has 0 aromatic rings. The summed E-state index contributed by atoms with van der Waals surface area (Å²) in [6.45, 7) is 15.0. The van der Waals surface area contributed by atoms with Gasteiger partial charge < -0.3 is 9.96 Å². The maximum absolute atomic E-state index is 2.34. The summed E-state index contributed by atoms with van der Waals surface area (Å²) < 4.78 is 1.41. The van der Waals surface area contributed by atoms with Crippen LogP contribution in [0.3, 0.4) is 0 Å². The van der Waals surface area contributed by atoms with Crippen LogP contribution in [0.15, 0.2) is 0 Å². The van der Waals surface area contributed by atoms with Crippen LogP contribution in [0.5, 0.6) is 0 Å².